The number of nitrogens with zero attached hydrogens (tertiary/aromatic N) is 3. The molecular formula is C26H25N3O2. The average Bonchev–Trinajstić information content (AvgIpc) is 2.81. The molecule has 0 N–H and O–H groups in total. The summed E-state index contributed by atoms with van der Waals surface area (Å²) in [6, 6.07) is 27.8. The molecule has 3 aromatic carbocycles. The van der Waals surface area contributed by atoms with Crippen LogP contribution in [-0.4, -0.2) is 47.4 Å². The van der Waals surface area contributed by atoms with E-state index in [0.717, 1.165) is 16.8 Å². The zero-order chi connectivity index (χ0) is 21.5. The fourth-order valence-electron chi connectivity index (χ4n) is 4.93. The van der Waals surface area contributed by atoms with Gasteiger partial charge in [0.1, 0.15) is 12.2 Å². The number of fused-ring (bicyclic) bond motifs is 2. The van der Waals surface area contributed by atoms with Crippen LogP contribution in [0.15, 0.2) is 84.9 Å². The van der Waals surface area contributed by atoms with Crippen LogP contribution >= 0.6 is 0 Å². The van der Waals surface area contributed by atoms with Crippen LogP contribution in [0.2, 0.25) is 0 Å². The number of hydrogen-bond acceptors (Lipinski definition) is 3. The Morgan fingerprint density at radius 2 is 1.35 bits per heavy atom. The molecule has 2 atom stereocenters. The van der Waals surface area contributed by atoms with E-state index in [4.69, 9.17) is 0 Å². The van der Waals surface area contributed by atoms with Crippen molar-refractivity contribution in [1.82, 2.24) is 9.80 Å². The zero-order valence-corrected chi connectivity index (χ0v) is 17.7. The van der Waals surface area contributed by atoms with Crippen LogP contribution in [0.1, 0.15) is 34.5 Å². The second kappa shape index (κ2) is 7.58. The molecule has 3 aromatic rings. The van der Waals surface area contributed by atoms with Gasteiger partial charge in [-0.25, -0.2) is 0 Å². The van der Waals surface area contributed by atoms with Gasteiger partial charge in [-0.2, -0.15) is 0 Å². The van der Waals surface area contributed by atoms with Gasteiger partial charge < -0.3 is 14.7 Å². The fourth-order valence-corrected chi connectivity index (χ4v) is 4.93. The van der Waals surface area contributed by atoms with Gasteiger partial charge in [0.25, 0.3) is 5.91 Å². The molecule has 31 heavy (non-hydrogen) atoms. The van der Waals surface area contributed by atoms with Crippen LogP contribution in [0.5, 0.6) is 0 Å². The van der Waals surface area contributed by atoms with E-state index in [-0.39, 0.29) is 24.0 Å². The predicted molar refractivity (Wildman–Crippen MR) is 121 cm³/mol. The molecule has 1 fully saturated rings. The van der Waals surface area contributed by atoms with E-state index in [1.54, 1.807) is 9.80 Å². The molecule has 5 rings (SSSR count). The first-order chi connectivity index (χ1) is 15.1. The van der Waals surface area contributed by atoms with E-state index >= 15 is 0 Å². The summed E-state index contributed by atoms with van der Waals surface area (Å²) in [5, 5.41) is 0. The smallest absolute Gasteiger partial charge is 0.258 e. The monoisotopic (exact) mass is 411 g/mol. The Labute approximate surface area is 182 Å². The van der Waals surface area contributed by atoms with Gasteiger partial charge in [-0.15, -0.1) is 0 Å². The SMILES string of the molecule is C[C@H]1C(=O)N(C)C[C@@H]2N(C(c3ccccc3)c3ccccc3)c3ccccc3C(=O)N21. The molecule has 2 amide bonds. The summed E-state index contributed by atoms with van der Waals surface area (Å²) in [5.74, 6) is -0.106. The second-order valence-electron chi connectivity index (χ2n) is 8.24. The molecule has 2 aliphatic rings. The molecule has 5 heteroatoms. The number of piperazine rings is 1. The number of rotatable bonds is 3. The van der Waals surface area contributed by atoms with E-state index in [1.165, 1.54) is 0 Å². The molecule has 0 saturated carbocycles. The number of benzene rings is 3. The van der Waals surface area contributed by atoms with Gasteiger partial charge in [0.05, 0.1) is 23.8 Å². The van der Waals surface area contributed by atoms with Gasteiger partial charge >= 0.3 is 0 Å². The van der Waals surface area contributed by atoms with Crippen molar-refractivity contribution in [3.63, 3.8) is 0 Å². The van der Waals surface area contributed by atoms with Crippen molar-refractivity contribution < 1.29 is 9.59 Å². The minimum atomic E-state index is -0.515. The van der Waals surface area contributed by atoms with Crippen molar-refractivity contribution in [2.75, 3.05) is 18.5 Å². The number of carbonyl (C=O) groups is 2. The Morgan fingerprint density at radius 1 is 0.806 bits per heavy atom. The molecule has 0 radical (unpaired) electrons. The quantitative estimate of drug-likeness (QED) is 0.656. The Bertz CT molecular complexity index is 1080. The van der Waals surface area contributed by atoms with Gasteiger partial charge in [-0.05, 0) is 30.2 Å². The third-order valence-electron chi connectivity index (χ3n) is 6.39. The lowest BCUT2D eigenvalue weighted by Gasteiger charge is -2.54. The van der Waals surface area contributed by atoms with Crippen molar-refractivity contribution in [2.24, 2.45) is 0 Å². The van der Waals surface area contributed by atoms with Crippen LogP contribution in [0.25, 0.3) is 0 Å². The molecule has 0 unspecified atom stereocenters. The number of para-hydroxylation sites is 1. The van der Waals surface area contributed by atoms with Crippen molar-refractivity contribution in [3.05, 3.63) is 102 Å². The Hall–Kier alpha value is -3.60. The van der Waals surface area contributed by atoms with Crippen LogP contribution < -0.4 is 4.90 Å². The number of hydrogen-bond donors (Lipinski definition) is 0. The number of carbonyl (C=O) groups excluding carboxylic acids is 2. The van der Waals surface area contributed by atoms with Gasteiger partial charge in [0, 0.05) is 7.05 Å². The van der Waals surface area contributed by atoms with Crippen LogP contribution in [-0.2, 0) is 4.79 Å². The van der Waals surface area contributed by atoms with Gasteiger partial charge in [0.2, 0.25) is 5.91 Å². The second-order valence-corrected chi connectivity index (χ2v) is 8.24. The summed E-state index contributed by atoms with van der Waals surface area (Å²) in [4.78, 5) is 32.1. The lowest BCUT2D eigenvalue weighted by molar-refractivity contribution is -0.140. The summed E-state index contributed by atoms with van der Waals surface area (Å²) >= 11 is 0. The maximum atomic E-state index is 13.5. The average molecular weight is 412 g/mol. The molecule has 1 saturated heterocycles. The number of likely N-dealkylation sites (N-methyl/N-ethyl adjacent to an activating group) is 1. The largest absolute Gasteiger partial charge is 0.340 e. The first-order valence-electron chi connectivity index (χ1n) is 10.6. The third-order valence-corrected chi connectivity index (χ3v) is 6.39. The molecule has 5 nitrogen and oxygen atoms in total. The van der Waals surface area contributed by atoms with Crippen molar-refractivity contribution >= 4 is 17.5 Å². The third kappa shape index (κ3) is 3.08. The molecule has 2 aliphatic heterocycles. The highest BCUT2D eigenvalue weighted by Crippen LogP contribution is 2.42. The van der Waals surface area contributed by atoms with Crippen LogP contribution in [0, 0.1) is 0 Å². The summed E-state index contributed by atoms with van der Waals surface area (Å²) in [7, 11) is 1.82. The first kappa shape index (κ1) is 19.4. The van der Waals surface area contributed by atoms with E-state index in [0.29, 0.717) is 12.1 Å². The molecule has 0 bridgehead atoms. The number of anilines is 1. The summed E-state index contributed by atoms with van der Waals surface area (Å²) < 4.78 is 0. The van der Waals surface area contributed by atoms with Crippen molar-refractivity contribution in [3.8, 4) is 0 Å². The molecule has 0 aromatic heterocycles. The van der Waals surface area contributed by atoms with Crippen molar-refractivity contribution in [1.29, 1.82) is 0 Å². The minimum absolute atomic E-state index is 0.0279. The van der Waals surface area contributed by atoms with E-state index in [1.807, 2.05) is 74.6 Å². The highest BCUT2D eigenvalue weighted by molar-refractivity contribution is 6.04. The zero-order valence-electron chi connectivity index (χ0n) is 17.7. The van der Waals surface area contributed by atoms with Crippen LogP contribution in [0.3, 0.4) is 0 Å². The normalized spacial score (nSPS) is 20.7. The molecule has 156 valence electrons. The maximum absolute atomic E-state index is 13.5. The predicted octanol–water partition coefficient (Wildman–Crippen LogP) is 3.93. The molecule has 0 spiro atoms. The summed E-state index contributed by atoms with van der Waals surface area (Å²) in [6.45, 7) is 2.29. The van der Waals surface area contributed by atoms with Gasteiger partial charge in [-0.1, -0.05) is 72.8 Å². The first-order valence-corrected chi connectivity index (χ1v) is 10.6. The Kier molecular flexibility index (Phi) is 4.74. The molecular weight excluding hydrogens is 386 g/mol. The van der Waals surface area contributed by atoms with Gasteiger partial charge in [0.15, 0.2) is 0 Å². The Balaban J connectivity index is 1.75. The fraction of sp³-hybridized carbons (Fsp3) is 0.231. The summed E-state index contributed by atoms with van der Waals surface area (Å²) in [6.07, 6.45) is -0.259. The van der Waals surface area contributed by atoms with Gasteiger partial charge in [-0.3, -0.25) is 9.59 Å². The maximum Gasteiger partial charge on any atom is 0.258 e. The van der Waals surface area contributed by atoms with Crippen molar-refractivity contribution in [2.45, 2.75) is 25.2 Å². The van der Waals surface area contributed by atoms with E-state index in [2.05, 4.69) is 29.2 Å². The number of amides is 2. The lowest BCUT2D eigenvalue weighted by Crippen LogP contribution is -2.69. The summed E-state index contributed by atoms with van der Waals surface area (Å²) in [5.41, 5.74) is 3.83. The highest BCUT2D eigenvalue weighted by atomic mass is 16.2. The van der Waals surface area contributed by atoms with Crippen LogP contribution in [0.4, 0.5) is 5.69 Å². The molecule has 2 heterocycles. The topological polar surface area (TPSA) is 43.9 Å². The standard InChI is InChI=1S/C26H25N3O2/c1-18-25(30)27(2)17-23-28(18)26(31)21-15-9-10-16-22(21)29(23)24(19-11-5-3-6-12-19)20-13-7-4-8-14-20/h3-16,18,23-24H,17H2,1-2H3/t18-,23-/m0/s1. The Morgan fingerprint density at radius 3 is 1.97 bits per heavy atom. The molecule has 0 aliphatic carbocycles. The lowest BCUT2D eigenvalue weighted by atomic mass is 9.92. The van der Waals surface area contributed by atoms with E-state index in [9.17, 15) is 9.59 Å². The highest BCUT2D eigenvalue weighted by Gasteiger charge is 2.48. The van der Waals surface area contributed by atoms with E-state index < -0.39 is 6.04 Å². The minimum Gasteiger partial charge on any atom is -0.340 e.